The molecule has 2 rings (SSSR count). The number of hydrogen-bond donors (Lipinski definition) is 1. The molecule has 0 saturated carbocycles. The van der Waals surface area contributed by atoms with Gasteiger partial charge in [-0.2, -0.15) is 0 Å². The zero-order valence-corrected chi connectivity index (χ0v) is 20.2. The number of ether oxygens (including phenoxy) is 4. The third-order valence-corrected chi connectivity index (χ3v) is 6.04. The van der Waals surface area contributed by atoms with Crippen LogP contribution in [0, 0.1) is 6.92 Å². The quantitative estimate of drug-likeness (QED) is 0.300. The van der Waals surface area contributed by atoms with Crippen molar-refractivity contribution in [1.29, 1.82) is 0 Å². The zero-order chi connectivity index (χ0) is 24.4. The van der Waals surface area contributed by atoms with Gasteiger partial charge in [0.15, 0.2) is 0 Å². The summed E-state index contributed by atoms with van der Waals surface area (Å²) < 4.78 is 20.1. The summed E-state index contributed by atoms with van der Waals surface area (Å²) in [6.45, 7) is 7.82. The zero-order valence-electron chi connectivity index (χ0n) is 19.4. The number of nitrogens with one attached hydrogen (secondary N) is 1. The van der Waals surface area contributed by atoms with Crippen molar-refractivity contribution in [2.75, 3.05) is 71.6 Å². The number of esters is 2. The van der Waals surface area contributed by atoms with E-state index in [0.717, 1.165) is 11.3 Å². The monoisotopic (exact) mass is 485 g/mol. The Morgan fingerprint density at radius 2 is 1.61 bits per heavy atom. The molecule has 33 heavy (non-hydrogen) atoms. The first kappa shape index (κ1) is 26.6. The van der Waals surface area contributed by atoms with E-state index in [0.29, 0.717) is 38.3 Å². The number of hydrogen-bond acceptors (Lipinski definition) is 10. The van der Waals surface area contributed by atoms with E-state index in [9.17, 15) is 19.2 Å². The van der Waals surface area contributed by atoms with E-state index in [1.54, 1.807) is 25.7 Å². The van der Waals surface area contributed by atoms with Crippen LogP contribution in [-0.2, 0) is 23.7 Å². The fourth-order valence-electron chi connectivity index (χ4n) is 3.20. The fraction of sp³-hybridized carbons (Fsp3) is 0.619. The van der Waals surface area contributed by atoms with Crippen LogP contribution in [0.2, 0.25) is 0 Å². The molecule has 0 bridgehead atoms. The Balaban J connectivity index is 2.06. The van der Waals surface area contributed by atoms with E-state index in [2.05, 4.69) is 5.32 Å². The van der Waals surface area contributed by atoms with E-state index in [1.165, 1.54) is 7.11 Å². The van der Waals surface area contributed by atoms with Gasteiger partial charge in [-0.05, 0) is 26.3 Å². The highest BCUT2D eigenvalue weighted by molar-refractivity contribution is 7.18. The van der Waals surface area contributed by atoms with E-state index in [-0.39, 0.29) is 53.8 Å². The largest absolute Gasteiger partial charge is 0.462 e. The Bertz CT molecular complexity index is 849. The first-order valence-electron chi connectivity index (χ1n) is 10.7. The number of carbonyl (C=O) groups excluding carboxylic acids is 4. The second-order valence-corrected chi connectivity index (χ2v) is 8.14. The predicted octanol–water partition coefficient (Wildman–Crippen LogP) is 1.75. The molecule has 1 aliphatic heterocycles. The summed E-state index contributed by atoms with van der Waals surface area (Å²) in [5, 5.41) is 2.97. The molecule has 1 N–H and O–H groups in total. The summed E-state index contributed by atoms with van der Waals surface area (Å²) in [5.74, 6) is -1.57. The van der Waals surface area contributed by atoms with E-state index in [1.807, 2.05) is 4.90 Å². The lowest BCUT2D eigenvalue weighted by molar-refractivity contribution is -0.117. The molecule has 1 aliphatic rings. The minimum absolute atomic E-state index is 0.0703. The maximum absolute atomic E-state index is 12.7. The molecule has 11 nitrogen and oxygen atoms in total. The molecule has 0 unspecified atom stereocenters. The molecule has 2 heterocycles. The second kappa shape index (κ2) is 13.1. The molecule has 0 spiro atoms. The lowest BCUT2D eigenvalue weighted by Gasteiger charge is -2.33. The van der Waals surface area contributed by atoms with E-state index in [4.69, 9.17) is 18.9 Å². The molecule has 1 fully saturated rings. The molecular weight excluding hydrogens is 454 g/mol. The lowest BCUT2D eigenvalue weighted by Crippen LogP contribution is -2.50. The van der Waals surface area contributed by atoms with Gasteiger partial charge in [-0.15, -0.1) is 11.3 Å². The number of piperazine rings is 1. The van der Waals surface area contributed by atoms with Gasteiger partial charge in [0.2, 0.25) is 5.91 Å². The molecule has 1 saturated heterocycles. The van der Waals surface area contributed by atoms with Gasteiger partial charge in [0.25, 0.3) is 0 Å². The lowest BCUT2D eigenvalue weighted by atomic mass is 10.1. The highest BCUT2D eigenvalue weighted by Gasteiger charge is 2.28. The molecule has 1 aromatic rings. The second-order valence-electron chi connectivity index (χ2n) is 7.12. The molecule has 12 heteroatoms. The van der Waals surface area contributed by atoms with Crippen LogP contribution in [0.4, 0.5) is 9.80 Å². The Labute approximate surface area is 196 Å². The Morgan fingerprint density at radius 1 is 0.939 bits per heavy atom. The van der Waals surface area contributed by atoms with Crippen molar-refractivity contribution in [3.8, 4) is 0 Å². The van der Waals surface area contributed by atoms with Crippen molar-refractivity contribution in [2.45, 2.75) is 20.8 Å². The van der Waals surface area contributed by atoms with Gasteiger partial charge in [0.1, 0.15) is 16.5 Å². The van der Waals surface area contributed by atoms with Crippen molar-refractivity contribution >= 4 is 40.3 Å². The van der Waals surface area contributed by atoms with Crippen LogP contribution in [0.1, 0.15) is 39.4 Å². The molecule has 0 atom stereocenters. The van der Waals surface area contributed by atoms with Gasteiger partial charge in [-0.1, -0.05) is 0 Å². The number of amides is 2. The van der Waals surface area contributed by atoms with Crippen LogP contribution in [-0.4, -0.2) is 100.0 Å². The molecule has 0 aromatic carbocycles. The minimum atomic E-state index is -0.624. The number of rotatable bonds is 10. The summed E-state index contributed by atoms with van der Waals surface area (Å²) in [5.41, 5.74) is 0.528. The summed E-state index contributed by atoms with van der Waals surface area (Å²) in [4.78, 5) is 53.2. The number of nitrogens with zero attached hydrogens (tertiary/aromatic N) is 2. The first-order valence-corrected chi connectivity index (χ1v) is 11.5. The molecule has 0 aliphatic carbocycles. The smallest absolute Gasteiger partial charge is 0.409 e. The highest BCUT2D eigenvalue weighted by Crippen LogP contribution is 2.34. The van der Waals surface area contributed by atoms with Gasteiger partial charge in [-0.25, -0.2) is 14.4 Å². The Morgan fingerprint density at radius 3 is 2.21 bits per heavy atom. The average Bonchev–Trinajstić information content (AvgIpc) is 3.10. The maximum Gasteiger partial charge on any atom is 0.409 e. The number of anilines is 1. The fourth-order valence-corrected chi connectivity index (χ4v) is 4.31. The molecule has 0 radical (unpaired) electrons. The van der Waals surface area contributed by atoms with Crippen LogP contribution < -0.4 is 5.32 Å². The number of thiophene rings is 1. The number of methoxy groups -OCH3 is 1. The van der Waals surface area contributed by atoms with Crippen LogP contribution in [0.3, 0.4) is 0 Å². The maximum atomic E-state index is 12.7. The Hall–Kier alpha value is -2.70. The number of carbonyl (C=O) groups is 4. The Kier molecular flexibility index (Phi) is 10.6. The van der Waals surface area contributed by atoms with Gasteiger partial charge in [0, 0.05) is 33.3 Å². The van der Waals surface area contributed by atoms with Crippen molar-refractivity contribution < 1.29 is 38.1 Å². The van der Waals surface area contributed by atoms with E-state index >= 15 is 0 Å². The molecular formula is C21H31N3O8S. The minimum Gasteiger partial charge on any atom is -0.462 e. The molecule has 2 amide bonds. The average molecular weight is 486 g/mol. The first-order chi connectivity index (χ1) is 15.8. The summed E-state index contributed by atoms with van der Waals surface area (Å²) in [6, 6.07) is 0. The van der Waals surface area contributed by atoms with Crippen molar-refractivity contribution in [2.24, 2.45) is 0 Å². The summed E-state index contributed by atoms with van der Waals surface area (Å²) in [6.07, 6.45) is -0.361. The topological polar surface area (TPSA) is 124 Å². The molecule has 184 valence electrons. The third kappa shape index (κ3) is 7.41. The normalized spacial score (nSPS) is 14.0. The predicted molar refractivity (Wildman–Crippen MR) is 121 cm³/mol. The summed E-state index contributed by atoms with van der Waals surface area (Å²) >= 11 is 0.971. The van der Waals surface area contributed by atoms with Crippen LogP contribution >= 0.6 is 11.3 Å². The van der Waals surface area contributed by atoms with Crippen LogP contribution in [0.25, 0.3) is 0 Å². The van der Waals surface area contributed by atoms with Crippen molar-refractivity contribution in [3.05, 3.63) is 16.0 Å². The van der Waals surface area contributed by atoms with Crippen LogP contribution in [0.15, 0.2) is 0 Å². The van der Waals surface area contributed by atoms with E-state index < -0.39 is 11.9 Å². The van der Waals surface area contributed by atoms with Crippen molar-refractivity contribution in [1.82, 2.24) is 9.80 Å². The van der Waals surface area contributed by atoms with Gasteiger partial charge in [-0.3, -0.25) is 9.69 Å². The van der Waals surface area contributed by atoms with Gasteiger partial charge in [0.05, 0.1) is 31.9 Å². The highest BCUT2D eigenvalue weighted by atomic mass is 32.1. The van der Waals surface area contributed by atoms with Crippen molar-refractivity contribution in [3.63, 3.8) is 0 Å². The molecule has 1 aromatic heterocycles. The van der Waals surface area contributed by atoms with Crippen LogP contribution in [0.5, 0.6) is 0 Å². The van der Waals surface area contributed by atoms with Gasteiger partial charge >= 0.3 is 18.0 Å². The summed E-state index contributed by atoms with van der Waals surface area (Å²) in [7, 11) is 1.49. The third-order valence-electron chi connectivity index (χ3n) is 4.85. The standard InChI is InChI=1S/C21H31N3O8S/c1-5-30-19(26)16-14(3)17(20(27)32-12-11-29-4)33-18(16)22-15(25)13-23-7-9-24(10-8-23)21(28)31-6-2/h5-13H2,1-4H3,(H,22,25). The SMILES string of the molecule is CCOC(=O)c1c(NC(=O)CN2CCN(C(=O)OCC)CC2)sc(C(=O)OCCOC)c1C. The van der Waals surface area contributed by atoms with Gasteiger partial charge < -0.3 is 29.2 Å².